The quantitative estimate of drug-likeness (QED) is 0.662. The summed E-state index contributed by atoms with van der Waals surface area (Å²) >= 11 is 0. The molecule has 1 aliphatic carbocycles. The lowest BCUT2D eigenvalue weighted by Gasteiger charge is -2.26. The number of amides is 2. The van der Waals surface area contributed by atoms with Crippen molar-refractivity contribution in [2.45, 2.75) is 58.4 Å². The highest BCUT2D eigenvalue weighted by Crippen LogP contribution is 2.32. The van der Waals surface area contributed by atoms with Gasteiger partial charge in [-0.05, 0) is 50.5 Å². The summed E-state index contributed by atoms with van der Waals surface area (Å²) in [5.74, 6) is -0.884. The number of esters is 1. The Kier molecular flexibility index (Phi) is 7.50. The van der Waals surface area contributed by atoms with Crippen LogP contribution in [0.4, 0.5) is 5.69 Å². The van der Waals surface area contributed by atoms with Crippen LogP contribution in [0.1, 0.15) is 65.5 Å². The number of hydrogen-bond acceptors (Lipinski definition) is 4. The number of nitrogens with one attached hydrogen (secondary N) is 2. The number of carbonyl (C=O) groups is 3. The van der Waals surface area contributed by atoms with Crippen molar-refractivity contribution in [3.63, 3.8) is 0 Å². The highest BCUT2D eigenvalue weighted by atomic mass is 16.5. The van der Waals surface area contributed by atoms with E-state index >= 15 is 0 Å². The topological polar surface area (TPSA) is 89.4 Å². The van der Waals surface area contributed by atoms with Crippen molar-refractivity contribution in [1.29, 1.82) is 0 Å². The molecule has 0 unspecified atom stereocenters. The normalized spacial score (nSPS) is 14.2. The smallest absolute Gasteiger partial charge is 0.325 e. The summed E-state index contributed by atoms with van der Waals surface area (Å²) in [5.41, 5.74) is 4.31. The summed E-state index contributed by atoms with van der Waals surface area (Å²) in [5, 5.41) is 5.46. The van der Waals surface area contributed by atoms with Crippen molar-refractivity contribution >= 4 is 23.5 Å². The molecule has 3 rings (SSSR count). The Morgan fingerprint density at radius 2 is 1.74 bits per heavy atom. The van der Waals surface area contributed by atoms with Gasteiger partial charge in [-0.3, -0.25) is 14.4 Å². The van der Waals surface area contributed by atoms with Gasteiger partial charge in [-0.2, -0.15) is 0 Å². The molecular formula is C24H31N3O4. The molecule has 2 N–H and O–H groups in total. The van der Waals surface area contributed by atoms with E-state index in [4.69, 9.17) is 0 Å². The second kappa shape index (κ2) is 10.3. The fraction of sp³-hybridized carbons (Fsp3) is 0.458. The third-order valence-electron chi connectivity index (χ3n) is 5.90. The molecule has 31 heavy (non-hydrogen) atoms. The van der Waals surface area contributed by atoms with Crippen LogP contribution in [-0.2, 0) is 20.7 Å². The lowest BCUT2D eigenvalue weighted by molar-refractivity contribution is -0.141. The van der Waals surface area contributed by atoms with E-state index in [0.29, 0.717) is 17.3 Å². The largest absolute Gasteiger partial charge is 0.468 e. The highest BCUT2D eigenvalue weighted by molar-refractivity contribution is 6.05. The monoisotopic (exact) mass is 425 g/mol. The Hall–Kier alpha value is -3.09. The van der Waals surface area contributed by atoms with Gasteiger partial charge >= 0.3 is 5.97 Å². The average molecular weight is 426 g/mol. The highest BCUT2D eigenvalue weighted by Gasteiger charge is 2.22. The van der Waals surface area contributed by atoms with Crippen LogP contribution in [0.5, 0.6) is 0 Å². The summed E-state index contributed by atoms with van der Waals surface area (Å²) in [7, 11) is 1.27. The Balaban J connectivity index is 1.61. The van der Waals surface area contributed by atoms with E-state index in [-0.39, 0.29) is 24.8 Å². The Morgan fingerprint density at radius 3 is 2.39 bits per heavy atom. The Labute approximate surface area is 183 Å². The number of methoxy groups -OCH3 is 1. The van der Waals surface area contributed by atoms with Gasteiger partial charge in [0.2, 0.25) is 5.91 Å². The van der Waals surface area contributed by atoms with Crippen molar-refractivity contribution in [3.05, 3.63) is 52.8 Å². The molecule has 1 aromatic carbocycles. The third kappa shape index (κ3) is 5.75. The van der Waals surface area contributed by atoms with E-state index in [9.17, 15) is 14.4 Å². The zero-order valence-corrected chi connectivity index (χ0v) is 18.5. The maximum Gasteiger partial charge on any atom is 0.325 e. The molecule has 1 fully saturated rings. The van der Waals surface area contributed by atoms with Crippen LogP contribution in [0.2, 0.25) is 0 Å². The first kappa shape index (κ1) is 22.6. The van der Waals surface area contributed by atoms with E-state index in [0.717, 1.165) is 17.0 Å². The summed E-state index contributed by atoms with van der Waals surface area (Å²) in [6.45, 7) is 3.94. The molecule has 0 saturated heterocycles. The van der Waals surface area contributed by atoms with E-state index in [1.807, 2.05) is 13.0 Å². The molecule has 1 aliphatic rings. The zero-order valence-electron chi connectivity index (χ0n) is 18.5. The van der Waals surface area contributed by atoms with Crippen molar-refractivity contribution in [1.82, 2.24) is 9.88 Å². The van der Waals surface area contributed by atoms with Gasteiger partial charge in [0.15, 0.2) is 0 Å². The number of benzene rings is 1. The molecular weight excluding hydrogens is 394 g/mol. The number of anilines is 1. The van der Waals surface area contributed by atoms with Crippen molar-refractivity contribution in [2.24, 2.45) is 0 Å². The molecule has 7 nitrogen and oxygen atoms in total. The molecule has 2 amide bonds. The number of rotatable bonds is 7. The molecule has 166 valence electrons. The minimum absolute atomic E-state index is 0.126. The summed E-state index contributed by atoms with van der Waals surface area (Å²) < 4.78 is 6.82. The molecule has 0 aliphatic heterocycles. The molecule has 2 aromatic rings. The van der Waals surface area contributed by atoms with Crippen molar-refractivity contribution in [3.8, 4) is 0 Å². The van der Waals surface area contributed by atoms with Gasteiger partial charge in [-0.25, -0.2) is 0 Å². The van der Waals surface area contributed by atoms with Crippen LogP contribution in [0.3, 0.4) is 0 Å². The number of ether oxygens (including phenoxy) is 1. The van der Waals surface area contributed by atoms with Crippen LogP contribution < -0.4 is 10.6 Å². The van der Waals surface area contributed by atoms with Crippen molar-refractivity contribution in [2.75, 3.05) is 19.0 Å². The predicted molar refractivity (Wildman–Crippen MR) is 119 cm³/mol. The fourth-order valence-corrected chi connectivity index (χ4v) is 4.30. The van der Waals surface area contributed by atoms with Gasteiger partial charge < -0.3 is 19.9 Å². The molecule has 0 spiro atoms. The average Bonchev–Trinajstić information content (AvgIpc) is 3.08. The van der Waals surface area contributed by atoms with Gasteiger partial charge in [0.1, 0.15) is 6.54 Å². The minimum Gasteiger partial charge on any atom is -0.468 e. The Morgan fingerprint density at radius 1 is 1.06 bits per heavy atom. The van der Waals surface area contributed by atoms with E-state index < -0.39 is 5.97 Å². The number of nitrogens with zero attached hydrogens (tertiary/aromatic N) is 1. The van der Waals surface area contributed by atoms with E-state index in [2.05, 4.69) is 26.9 Å². The zero-order chi connectivity index (χ0) is 22.4. The molecule has 1 saturated carbocycles. The van der Waals surface area contributed by atoms with Gasteiger partial charge in [0.25, 0.3) is 5.91 Å². The molecule has 1 aromatic heterocycles. The maximum atomic E-state index is 12.9. The van der Waals surface area contributed by atoms with Crippen LogP contribution in [-0.4, -0.2) is 36.0 Å². The van der Waals surface area contributed by atoms with Crippen molar-refractivity contribution < 1.29 is 19.1 Å². The first-order chi connectivity index (χ1) is 14.9. The lowest BCUT2D eigenvalue weighted by Crippen LogP contribution is -2.31. The number of hydrogen-bond donors (Lipinski definition) is 2. The lowest BCUT2D eigenvalue weighted by atomic mass is 9.95. The van der Waals surface area contributed by atoms with Gasteiger partial charge in [-0.1, -0.05) is 31.4 Å². The predicted octanol–water partition coefficient (Wildman–Crippen LogP) is 3.69. The molecule has 7 heteroatoms. The van der Waals surface area contributed by atoms with Crippen LogP contribution >= 0.6 is 0 Å². The maximum absolute atomic E-state index is 12.9. The van der Waals surface area contributed by atoms with Gasteiger partial charge in [-0.15, -0.1) is 0 Å². The van der Waals surface area contributed by atoms with Gasteiger partial charge in [0, 0.05) is 23.1 Å². The number of aromatic nitrogens is 1. The molecule has 0 bridgehead atoms. The number of carbonyl (C=O) groups excluding carboxylic acids is 3. The summed E-state index contributed by atoms with van der Waals surface area (Å²) in [4.78, 5) is 35.9. The molecule has 1 heterocycles. The SMILES string of the molecule is COC(=O)CNC(=O)Cc1ccc(NC(=O)c2cc(C)n(C3CCCCC3)c2C)cc1. The Bertz CT molecular complexity index is 940. The summed E-state index contributed by atoms with van der Waals surface area (Å²) in [6, 6.07) is 9.60. The number of aryl methyl sites for hydroxylation is 1. The summed E-state index contributed by atoms with van der Waals surface area (Å²) in [6.07, 6.45) is 6.28. The van der Waals surface area contributed by atoms with Gasteiger partial charge in [0.05, 0.1) is 19.1 Å². The first-order valence-corrected chi connectivity index (χ1v) is 10.8. The second-order valence-electron chi connectivity index (χ2n) is 8.13. The van der Waals surface area contributed by atoms with E-state index in [1.54, 1.807) is 24.3 Å². The molecule has 0 atom stereocenters. The third-order valence-corrected chi connectivity index (χ3v) is 5.90. The fourth-order valence-electron chi connectivity index (χ4n) is 4.30. The van der Waals surface area contributed by atoms with Crippen LogP contribution in [0.25, 0.3) is 0 Å². The first-order valence-electron chi connectivity index (χ1n) is 10.8. The van der Waals surface area contributed by atoms with Crippen LogP contribution in [0.15, 0.2) is 30.3 Å². The standard InChI is InChI=1S/C24H31N3O4/c1-16-13-21(17(2)27(16)20-7-5-4-6-8-20)24(30)26-19-11-9-18(10-12-19)14-22(28)25-15-23(29)31-3/h9-13,20H,4-8,14-15H2,1-3H3,(H,25,28)(H,26,30). The minimum atomic E-state index is -0.491. The van der Waals surface area contributed by atoms with E-state index in [1.165, 1.54) is 39.2 Å². The second-order valence-corrected chi connectivity index (χ2v) is 8.13. The molecule has 0 radical (unpaired) electrons. The van der Waals surface area contributed by atoms with Crippen LogP contribution in [0, 0.1) is 13.8 Å².